The lowest BCUT2D eigenvalue weighted by atomic mass is 10.0. The maximum Gasteiger partial charge on any atom is 0.471 e. The molecule has 2 rings (SSSR count). The van der Waals surface area contributed by atoms with Crippen LogP contribution in [-0.2, 0) is 9.63 Å². The third kappa shape index (κ3) is 3.87. The van der Waals surface area contributed by atoms with Gasteiger partial charge in [-0.1, -0.05) is 5.16 Å². The van der Waals surface area contributed by atoms with Crippen LogP contribution in [0.3, 0.4) is 0 Å². The van der Waals surface area contributed by atoms with Gasteiger partial charge < -0.3 is 14.9 Å². The highest BCUT2D eigenvalue weighted by molar-refractivity contribution is 6.01. The maximum absolute atomic E-state index is 12.0. The van der Waals surface area contributed by atoms with Gasteiger partial charge in [0.1, 0.15) is 11.9 Å². The number of ether oxygens (including phenoxy) is 1. The number of nitrogens with zero attached hydrogens (tertiary/aromatic N) is 1. The normalized spacial score (nSPS) is 17.9. The summed E-state index contributed by atoms with van der Waals surface area (Å²) in [6.45, 7) is -0.249. The highest BCUT2D eigenvalue weighted by Crippen LogP contribution is 2.19. The molecule has 0 unspecified atom stereocenters. The lowest BCUT2D eigenvalue weighted by Crippen LogP contribution is -2.40. The second kappa shape index (κ2) is 6.02. The van der Waals surface area contributed by atoms with Crippen molar-refractivity contribution in [3.8, 4) is 5.75 Å². The molecule has 0 saturated carbocycles. The molecule has 0 aliphatic carbocycles. The molecule has 1 aliphatic rings. The predicted octanol–water partition coefficient (Wildman–Crippen LogP) is 1.87. The summed E-state index contributed by atoms with van der Waals surface area (Å²) in [6.07, 6.45) is -5.17. The summed E-state index contributed by atoms with van der Waals surface area (Å²) >= 11 is 0. The standard InChI is InChI=1S/C13H13F3N2O3/c1-20-9-4-2-8(3-5-9)11-6-10(21-18-11)7-17-12(19)13(14,15)16/h2-5,10H,6-7H2,1H3,(H,17,19)/t10-/m0/s1. The van der Waals surface area contributed by atoms with Crippen molar-refractivity contribution in [3.63, 3.8) is 0 Å². The Morgan fingerprint density at radius 1 is 1.43 bits per heavy atom. The number of benzene rings is 1. The second-order valence-electron chi connectivity index (χ2n) is 4.41. The second-order valence-corrected chi connectivity index (χ2v) is 4.41. The van der Waals surface area contributed by atoms with Crippen LogP contribution in [-0.4, -0.2) is 37.6 Å². The first-order valence-corrected chi connectivity index (χ1v) is 6.12. The van der Waals surface area contributed by atoms with Gasteiger partial charge in [-0.25, -0.2) is 0 Å². The van der Waals surface area contributed by atoms with E-state index < -0.39 is 18.2 Å². The van der Waals surface area contributed by atoms with Gasteiger partial charge in [0.25, 0.3) is 0 Å². The molecule has 1 aliphatic heterocycles. The van der Waals surface area contributed by atoms with E-state index >= 15 is 0 Å². The van der Waals surface area contributed by atoms with Crippen LogP contribution in [0.1, 0.15) is 12.0 Å². The lowest BCUT2D eigenvalue weighted by molar-refractivity contribution is -0.174. The van der Waals surface area contributed by atoms with Crippen LogP contribution in [0.15, 0.2) is 29.4 Å². The van der Waals surface area contributed by atoms with Crippen LogP contribution >= 0.6 is 0 Å². The number of oxime groups is 1. The van der Waals surface area contributed by atoms with Gasteiger partial charge in [-0.3, -0.25) is 4.79 Å². The molecular formula is C13H13F3N2O3. The Kier molecular flexibility index (Phi) is 4.35. The first-order valence-electron chi connectivity index (χ1n) is 6.12. The summed E-state index contributed by atoms with van der Waals surface area (Å²) in [5.74, 6) is -1.30. The Bertz CT molecular complexity index is 541. The number of alkyl halides is 3. The molecule has 0 aromatic heterocycles. The van der Waals surface area contributed by atoms with E-state index in [1.807, 2.05) is 0 Å². The number of nitrogens with one attached hydrogen (secondary N) is 1. The highest BCUT2D eigenvalue weighted by Gasteiger charge is 2.39. The topological polar surface area (TPSA) is 59.9 Å². The van der Waals surface area contributed by atoms with Gasteiger partial charge in [-0.05, 0) is 29.8 Å². The molecule has 1 aromatic carbocycles. The zero-order valence-electron chi connectivity index (χ0n) is 11.1. The van der Waals surface area contributed by atoms with Crippen molar-refractivity contribution in [1.29, 1.82) is 0 Å². The van der Waals surface area contributed by atoms with Gasteiger partial charge in [0, 0.05) is 6.42 Å². The molecular weight excluding hydrogens is 289 g/mol. The third-order valence-electron chi connectivity index (χ3n) is 2.90. The lowest BCUT2D eigenvalue weighted by Gasteiger charge is -2.11. The molecule has 0 spiro atoms. The quantitative estimate of drug-likeness (QED) is 0.923. The van der Waals surface area contributed by atoms with Gasteiger partial charge in [0.15, 0.2) is 0 Å². The van der Waals surface area contributed by atoms with Gasteiger partial charge in [0.05, 0.1) is 19.4 Å². The van der Waals surface area contributed by atoms with Gasteiger partial charge in [-0.2, -0.15) is 13.2 Å². The monoisotopic (exact) mass is 302 g/mol. The average Bonchev–Trinajstić information content (AvgIpc) is 2.92. The number of halogens is 3. The molecule has 0 saturated heterocycles. The summed E-state index contributed by atoms with van der Waals surface area (Å²) in [6, 6.07) is 7.04. The molecule has 21 heavy (non-hydrogen) atoms. The number of amides is 1. The zero-order chi connectivity index (χ0) is 15.5. The van der Waals surface area contributed by atoms with Crippen LogP contribution < -0.4 is 10.1 Å². The van der Waals surface area contributed by atoms with Crippen LogP contribution in [0.25, 0.3) is 0 Å². The first-order chi connectivity index (χ1) is 9.90. The molecule has 5 nitrogen and oxygen atoms in total. The van der Waals surface area contributed by atoms with Gasteiger partial charge in [-0.15, -0.1) is 0 Å². The van der Waals surface area contributed by atoms with E-state index in [-0.39, 0.29) is 6.54 Å². The summed E-state index contributed by atoms with van der Waals surface area (Å²) in [5, 5.41) is 5.60. The van der Waals surface area contributed by atoms with E-state index in [4.69, 9.17) is 9.57 Å². The van der Waals surface area contributed by atoms with E-state index in [1.54, 1.807) is 36.7 Å². The Hall–Kier alpha value is -2.25. The van der Waals surface area contributed by atoms with Crippen LogP contribution in [0.5, 0.6) is 5.75 Å². The highest BCUT2D eigenvalue weighted by atomic mass is 19.4. The number of hydrogen-bond donors (Lipinski definition) is 1. The first kappa shape index (κ1) is 15.1. The summed E-state index contributed by atoms with van der Waals surface area (Å²) in [5.41, 5.74) is 1.41. The predicted molar refractivity (Wildman–Crippen MR) is 68.1 cm³/mol. The van der Waals surface area contributed by atoms with E-state index in [0.717, 1.165) is 5.56 Å². The van der Waals surface area contributed by atoms with Crippen LogP contribution in [0.4, 0.5) is 13.2 Å². The zero-order valence-corrected chi connectivity index (χ0v) is 11.1. The molecule has 1 atom stereocenters. The van der Waals surface area contributed by atoms with Crippen molar-refractivity contribution >= 4 is 11.6 Å². The molecule has 8 heteroatoms. The van der Waals surface area contributed by atoms with Crippen molar-refractivity contribution in [3.05, 3.63) is 29.8 Å². The minimum Gasteiger partial charge on any atom is -0.497 e. The summed E-state index contributed by atoms with van der Waals surface area (Å²) < 4.78 is 41.2. The van der Waals surface area contributed by atoms with Gasteiger partial charge >= 0.3 is 12.1 Å². The molecule has 1 aromatic rings. The minimum atomic E-state index is -4.89. The van der Waals surface area contributed by atoms with Crippen LogP contribution in [0.2, 0.25) is 0 Å². The largest absolute Gasteiger partial charge is 0.497 e. The molecule has 0 bridgehead atoms. The maximum atomic E-state index is 12.0. The van der Waals surface area contributed by atoms with E-state index in [9.17, 15) is 18.0 Å². The van der Waals surface area contributed by atoms with E-state index in [2.05, 4.69) is 5.16 Å². The van der Waals surface area contributed by atoms with Crippen LogP contribution in [0, 0.1) is 0 Å². The van der Waals surface area contributed by atoms with Crippen molar-refractivity contribution in [1.82, 2.24) is 5.32 Å². The van der Waals surface area contributed by atoms with E-state index in [0.29, 0.717) is 17.9 Å². The number of carbonyl (C=O) groups excluding carboxylic acids is 1. The van der Waals surface area contributed by atoms with Gasteiger partial charge in [0.2, 0.25) is 0 Å². The number of carbonyl (C=O) groups is 1. The Morgan fingerprint density at radius 2 is 2.10 bits per heavy atom. The molecule has 1 N–H and O–H groups in total. The summed E-state index contributed by atoms with van der Waals surface area (Å²) in [4.78, 5) is 15.7. The third-order valence-corrected chi connectivity index (χ3v) is 2.90. The SMILES string of the molecule is COc1ccc(C2=NO[C@H](CNC(=O)C(F)(F)F)C2)cc1. The Morgan fingerprint density at radius 3 is 2.67 bits per heavy atom. The minimum absolute atomic E-state index is 0.249. The van der Waals surface area contributed by atoms with Crippen molar-refractivity contribution in [2.75, 3.05) is 13.7 Å². The fourth-order valence-corrected chi connectivity index (χ4v) is 1.80. The number of methoxy groups -OCH3 is 1. The van der Waals surface area contributed by atoms with Crippen molar-refractivity contribution in [2.45, 2.75) is 18.7 Å². The van der Waals surface area contributed by atoms with E-state index in [1.165, 1.54) is 0 Å². The summed E-state index contributed by atoms with van der Waals surface area (Å²) in [7, 11) is 1.55. The fraction of sp³-hybridized carbons (Fsp3) is 0.385. The molecule has 0 radical (unpaired) electrons. The molecule has 0 fully saturated rings. The number of rotatable bonds is 4. The average molecular weight is 302 g/mol. The molecule has 1 amide bonds. The van der Waals surface area contributed by atoms with Crippen molar-refractivity contribution < 1.29 is 27.5 Å². The Balaban J connectivity index is 1.86. The number of hydrogen-bond acceptors (Lipinski definition) is 4. The Labute approximate surface area is 118 Å². The smallest absolute Gasteiger partial charge is 0.471 e. The molecule has 114 valence electrons. The fourth-order valence-electron chi connectivity index (χ4n) is 1.80. The van der Waals surface area contributed by atoms with Crippen molar-refractivity contribution in [2.24, 2.45) is 5.16 Å². The molecule has 1 heterocycles.